The van der Waals surface area contributed by atoms with Gasteiger partial charge in [0.2, 0.25) is 0 Å². The quantitative estimate of drug-likeness (QED) is 0.635. The van der Waals surface area contributed by atoms with Gasteiger partial charge in [0.25, 0.3) is 0 Å². The van der Waals surface area contributed by atoms with Crippen molar-refractivity contribution in [2.45, 2.75) is 25.9 Å². The lowest BCUT2D eigenvalue weighted by atomic mass is 10.0. The minimum Gasteiger partial charge on any atom is -0.306 e. The Hall–Kier alpha value is -0.420. The van der Waals surface area contributed by atoms with E-state index in [-0.39, 0.29) is 0 Å². The van der Waals surface area contributed by atoms with E-state index >= 15 is 0 Å². The molecule has 0 N–H and O–H groups in total. The zero-order chi connectivity index (χ0) is 16.3. The molecule has 0 amide bonds. The Morgan fingerprint density at radius 3 is 1.45 bits per heavy atom. The first-order valence-electron chi connectivity index (χ1n) is 7.86. The van der Waals surface area contributed by atoms with Crippen molar-refractivity contribution >= 4 is 21.6 Å². The first kappa shape index (κ1) is 17.9. The van der Waals surface area contributed by atoms with Crippen LogP contribution in [0.25, 0.3) is 0 Å². The molecule has 0 aromatic carbocycles. The van der Waals surface area contributed by atoms with Crippen LogP contribution in [-0.2, 0) is 0 Å². The van der Waals surface area contributed by atoms with Crippen molar-refractivity contribution in [2.24, 2.45) is 11.8 Å². The Morgan fingerprint density at radius 1 is 0.773 bits per heavy atom. The number of nitrogens with zero attached hydrogens (tertiary/aromatic N) is 2. The summed E-state index contributed by atoms with van der Waals surface area (Å²) < 4.78 is 0. The standard InChI is InChI=1S/C18H28N2S2/c1-13(19(3)4)15-9-7-11-17(15)21-22-18-12-8-10-16(18)14(2)20(5)6/h7-16H,1-6H3/t13-,14-,15?,16?/m1/s1. The Labute approximate surface area is 143 Å². The van der Waals surface area contributed by atoms with Crippen LogP contribution in [0.2, 0.25) is 0 Å². The summed E-state index contributed by atoms with van der Waals surface area (Å²) in [6.45, 7) is 4.60. The summed E-state index contributed by atoms with van der Waals surface area (Å²) in [4.78, 5) is 7.53. The number of hydrogen-bond donors (Lipinski definition) is 0. The van der Waals surface area contributed by atoms with Crippen molar-refractivity contribution < 1.29 is 0 Å². The van der Waals surface area contributed by atoms with Crippen molar-refractivity contribution in [1.82, 2.24) is 9.80 Å². The third kappa shape index (κ3) is 4.10. The van der Waals surface area contributed by atoms with E-state index in [1.165, 1.54) is 9.81 Å². The van der Waals surface area contributed by atoms with Gasteiger partial charge < -0.3 is 9.80 Å². The van der Waals surface area contributed by atoms with E-state index < -0.39 is 0 Å². The summed E-state index contributed by atoms with van der Waals surface area (Å²) in [6.07, 6.45) is 13.6. The molecule has 22 heavy (non-hydrogen) atoms. The Balaban J connectivity index is 1.93. The fourth-order valence-corrected chi connectivity index (χ4v) is 5.47. The van der Waals surface area contributed by atoms with E-state index in [4.69, 9.17) is 0 Å². The second-order valence-corrected chi connectivity index (χ2v) is 8.81. The van der Waals surface area contributed by atoms with Crippen molar-refractivity contribution in [3.8, 4) is 0 Å². The third-order valence-corrected chi connectivity index (χ3v) is 7.41. The molecule has 0 heterocycles. The molecule has 0 aromatic heterocycles. The zero-order valence-corrected chi connectivity index (χ0v) is 16.1. The molecule has 2 unspecified atom stereocenters. The van der Waals surface area contributed by atoms with Crippen molar-refractivity contribution in [2.75, 3.05) is 28.2 Å². The molecule has 0 aromatic rings. The molecular formula is C18H28N2S2. The Bertz CT molecular complexity index is 457. The average molecular weight is 337 g/mol. The van der Waals surface area contributed by atoms with Crippen LogP contribution in [0.4, 0.5) is 0 Å². The molecule has 2 rings (SSSR count). The summed E-state index contributed by atoms with van der Waals surface area (Å²) in [6, 6.07) is 1.07. The smallest absolute Gasteiger partial charge is 0.0243 e. The Kier molecular flexibility index (Phi) is 6.45. The predicted octanol–water partition coefficient (Wildman–Crippen LogP) is 4.41. The van der Waals surface area contributed by atoms with Gasteiger partial charge in [-0.3, -0.25) is 0 Å². The molecule has 2 nitrogen and oxygen atoms in total. The first-order chi connectivity index (χ1) is 10.4. The van der Waals surface area contributed by atoms with E-state index in [9.17, 15) is 0 Å². The van der Waals surface area contributed by atoms with Gasteiger partial charge in [0, 0.05) is 33.7 Å². The highest BCUT2D eigenvalue weighted by Gasteiger charge is 2.27. The highest BCUT2D eigenvalue weighted by molar-refractivity contribution is 8.79. The molecule has 0 saturated carbocycles. The zero-order valence-electron chi connectivity index (χ0n) is 14.5. The number of rotatable bonds is 7. The summed E-state index contributed by atoms with van der Waals surface area (Å²) >= 11 is 0. The van der Waals surface area contributed by atoms with Crippen LogP contribution in [0.1, 0.15) is 13.8 Å². The molecule has 0 bridgehead atoms. The van der Waals surface area contributed by atoms with Gasteiger partial charge in [-0.15, -0.1) is 0 Å². The lowest BCUT2D eigenvalue weighted by Crippen LogP contribution is -2.31. The van der Waals surface area contributed by atoms with Crippen LogP contribution >= 0.6 is 21.6 Å². The number of hydrogen-bond acceptors (Lipinski definition) is 4. The fraction of sp³-hybridized carbons (Fsp3) is 0.556. The van der Waals surface area contributed by atoms with Crippen molar-refractivity contribution in [3.63, 3.8) is 0 Å². The molecule has 0 fully saturated rings. The van der Waals surface area contributed by atoms with Gasteiger partial charge in [-0.05, 0) is 42.0 Å². The monoisotopic (exact) mass is 336 g/mol. The molecular weight excluding hydrogens is 308 g/mol. The highest BCUT2D eigenvalue weighted by atomic mass is 33.1. The van der Waals surface area contributed by atoms with Crippen LogP contribution in [0.3, 0.4) is 0 Å². The normalized spacial score (nSPS) is 26.7. The minimum absolute atomic E-state index is 0.521. The van der Waals surface area contributed by atoms with Crippen LogP contribution in [0.15, 0.2) is 46.3 Å². The largest absolute Gasteiger partial charge is 0.306 e. The summed E-state index contributed by atoms with van der Waals surface area (Å²) in [5.41, 5.74) is 0. The Morgan fingerprint density at radius 2 is 1.14 bits per heavy atom. The second-order valence-electron chi connectivity index (χ2n) is 6.53. The third-order valence-electron chi connectivity index (χ3n) is 4.72. The molecule has 2 aliphatic carbocycles. The number of allylic oxidation sites excluding steroid dienone is 4. The van der Waals surface area contributed by atoms with Gasteiger partial charge in [-0.1, -0.05) is 58.0 Å². The molecule has 0 aliphatic heterocycles. The van der Waals surface area contributed by atoms with Crippen LogP contribution in [-0.4, -0.2) is 50.1 Å². The predicted molar refractivity (Wildman–Crippen MR) is 103 cm³/mol. The molecule has 0 radical (unpaired) electrons. The van der Waals surface area contributed by atoms with Crippen LogP contribution in [0.5, 0.6) is 0 Å². The average Bonchev–Trinajstić information content (AvgIpc) is 3.11. The minimum atomic E-state index is 0.521. The molecule has 4 heteroatoms. The SMILES string of the molecule is C[C@H](C1C=CC=C1SSC1=CC=CC1[C@@H](C)N(C)C)N(C)C. The molecule has 0 saturated heterocycles. The lowest BCUT2D eigenvalue weighted by molar-refractivity contribution is 0.281. The van der Waals surface area contributed by atoms with Gasteiger partial charge in [0.05, 0.1) is 0 Å². The van der Waals surface area contributed by atoms with Gasteiger partial charge in [-0.25, -0.2) is 0 Å². The van der Waals surface area contributed by atoms with Crippen molar-refractivity contribution in [3.05, 3.63) is 46.3 Å². The second kappa shape index (κ2) is 7.91. The molecule has 4 atom stereocenters. The fourth-order valence-electron chi connectivity index (χ4n) is 2.65. The van der Waals surface area contributed by atoms with Gasteiger partial charge >= 0.3 is 0 Å². The van der Waals surface area contributed by atoms with E-state index in [2.05, 4.69) is 88.3 Å². The van der Waals surface area contributed by atoms with E-state index in [0.717, 1.165) is 0 Å². The van der Waals surface area contributed by atoms with Gasteiger partial charge in [-0.2, -0.15) is 0 Å². The van der Waals surface area contributed by atoms with E-state index in [1.807, 2.05) is 21.6 Å². The first-order valence-corrected chi connectivity index (χ1v) is 10.0. The summed E-state index contributed by atoms with van der Waals surface area (Å²) in [5, 5.41) is 0. The maximum Gasteiger partial charge on any atom is 0.0243 e. The summed E-state index contributed by atoms with van der Waals surface area (Å²) in [5.74, 6) is 1.04. The summed E-state index contributed by atoms with van der Waals surface area (Å²) in [7, 11) is 12.5. The molecule has 2 aliphatic rings. The maximum absolute atomic E-state index is 2.33. The van der Waals surface area contributed by atoms with Crippen LogP contribution in [0, 0.1) is 11.8 Å². The van der Waals surface area contributed by atoms with E-state index in [0.29, 0.717) is 23.9 Å². The topological polar surface area (TPSA) is 6.48 Å². The van der Waals surface area contributed by atoms with E-state index in [1.54, 1.807) is 0 Å². The van der Waals surface area contributed by atoms with Crippen LogP contribution < -0.4 is 0 Å². The maximum atomic E-state index is 2.33. The van der Waals surface area contributed by atoms with Crippen molar-refractivity contribution in [1.29, 1.82) is 0 Å². The highest BCUT2D eigenvalue weighted by Crippen LogP contribution is 2.47. The molecule has 122 valence electrons. The van der Waals surface area contributed by atoms with Gasteiger partial charge in [0.15, 0.2) is 0 Å². The molecule has 0 spiro atoms. The lowest BCUT2D eigenvalue weighted by Gasteiger charge is -2.28. The van der Waals surface area contributed by atoms with Gasteiger partial charge in [0.1, 0.15) is 0 Å².